The third-order valence-corrected chi connectivity index (χ3v) is 5.80. The molecule has 0 radical (unpaired) electrons. The van der Waals surface area contributed by atoms with Crippen molar-refractivity contribution < 1.29 is 0 Å². The molecule has 1 saturated heterocycles. The molecule has 6 heteroatoms. The Morgan fingerprint density at radius 3 is 2.62 bits per heavy atom. The predicted molar refractivity (Wildman–Crippen MR) is 103 cm³/mol. The van der Waals surface area contributed by atoms with Gasteiger partial charge in [-0.3, -0.25) is 15.1 Å². The molecule has 4 rings (SSSR count). The average molecular weight is 370 g/mol. The highest BCUT2D eigenvalue weighted by atomic mass is 35.5. The number of rotatable bonds is 5. The minimum atomic E-state index is 0.545. The van der Waals surface area contributed by atoms with Gasteiger partial charge < -0.3 is 0 Å². The highest BCUT2D eigenvalue weighted by molar-refractivity contribution is 6.31. The summed E-state index contributed by atoms with van der Waals surface area (Å²) in [4.78, 5) is 2.44. The van der Waals surface area contributed by atoms with Gasteiger partial charge in [0.15, 0.2) is 0 Å². The Labute approximate surface area is 158 Å². The minimum Gasteiger partial charge on any atom is -0.297 e. The molecule has 0 aliphatic carbocycles. The molecule has 0 saturated carbocycles. The molecule has 136 valence electrons. The van der Waals surface area contributed by atoms with Crippen molar-refractivity contribution in [3.63, 3.8) is 0 Å². The molecule has 2 aromatic heterocycles. The molecule has 0 atom stereocenters. The third-order valence-electron chi connectivity index (χ3n) is 5.30. The average Bonchev–Trinajstić information content (AvgIpc) is 3.25. The smallest absolute Gasteiger partial charge is 0.0951 e. The van der Waals surface area contributed by atoms with E-state index < -0.39 is 0 Å². The standard InChI is InChI=1S/C20H24ClN5/c1-14-19(21)18(24-23-14)13-26-9-7-16(8-10-26)20-17(12-22-25-20)11-15-5-3-2-4-6-15/h2-6,12,16H,7-11,13H2,1H3,(H,22,25)(H,23,24). The van der Waals surface area contributed by atoms with Gasteiger partial charge >= 0.3 is 0 Å². The number of aryl methyl sites for hydroxylation is 1. The number of aromatic nitrogens is 4. The van der Waals surface area contributed by atoms with Gasteiger partial charge in [0.25, 0.3) is 0 Å². The van der Waals surface area contributed by atoms with E-state index in [-0.39, 0.29) is 0 Å². The zero-order valence-electron chi connectivity index (χ0n) is 15.0. The first-order valence-electron chi connectivity index (χ1n) is 9.18. The molecule has 0 spiro atoms. The van der Waals surface area contributed by atoms with E-state index in [9.17, 15) is 0 Å². The van der Waals surface area contributed by atoms with E-state index in [2.05, 4.69) is 55.6 Å². The molecule has 1 fully saturated rings. The van der Waals surface area contributed by atoms with Crippen LogP contribution >= 0.6 is 11.6 Å². The summed E-state index contributed by atoms with van der Waals surface area (Å²) in [5.74, 6) is 0.545. The van der Waals surface area contributed by atoms with Crippen molar-refractivity contribution in [1.82, 2.24) is 25.3 Å². The van der Waals surface area contributed by atoms with Gasteiger partial charge in [-0.2, -0.15) is 10.2 Å². The first-order chi connectivity index (χ1) is 12.7. The molecule has 3 heterocycles. The van der Waals surface area contributed by atoms with Crippen LogP contribution in [-0.4, -0.2) is 38.4 Å². The highest BCUT2D eigenvalue weighted by Gasteiger charge is 2.25. The van der Waals surface area contributed by atoms with Crippen LogP contribution in [0, 0.1) is 6.92 Å². The van der Waals surface area contributed by atoms with E-state index in [0.29, 0.717) is 5.92 Å². The number of nitrogens with zero attached hydrogens (tertiary/aromatic N) is 3. The van der Waals surface area contributed by atoms with Crippen molar-refractivity contribution in [2.45, 2.75) is 38.6 Å². The number of hydrogen-bond acceptors (Lipinski definition) is 3. The van der Waals surface area contributed by atoms with Gasteiger partial charge in [0, 0.05) is 24.6 Å². The topological polar surface area (TPSA) is 60.6 Å². The fourth-order valence-electron chi connectivity index (χ4n) is 3.79. The summed E-state index contributed by atoms with van der Waals surface area (Å²) < 4.78 is 0. The Hall–Kier alpha value is -2.11. The summed E-state index contributed by atoms with van der Waals surface area (Å²) in [6, 6.07) is 10.6. The number of likely N-dealkylation sites (tertiary alicyclic amines) is 1. The molecule has 1 aliphatic rings. The van der Waals surface area contributed by atoms with Crippen molar-refractivity contribution in [3.8, 4) is 0 Å². The fraction of sp³-hybridized carbons (Fsp3) is 0.400. The van der Waals surface area contributed by atoms with Gasteiger partial charge in [0.2, 0.25) is 0 Å². The van der Waals surface area contributed by atoms with Crippen molar-refractivity contribution >= 4 is 11.6 Å². The van der Waals surface area contributed by atoms with Crippen LogP contribution in [0.5, 0.6) is 0 Å². The van der Waals surface area contributed by atoms with Gasteiger partial charge in [0.05, 0.1) is 22.6 Å². The molecule has 5 nitrogen and oxygen atoms in total. The quantitative estimate of drug-likeness (QED) is 0.712. The second-order valence-electron chi connectivity index (χ2n) is 7.13. The van der Waals surface area contributed by atoms with Gasteiger partial charge in [-0.1, -0.05) is 41.9 Å². The molecule has 0 amide bonds. The summed E-state index contributed by atoms with van der Waals surface area (Å²) in [5.41, 5.74) is 5.85. The molecule has 1 aliphatic heterocycles. The Kier molecular flexibility index (Phi) is 5.09. The molecular weight excluding hydrogens is 346 g/mol. The lowest BCUT2D eigenvalue weighted by Crippen LogP contribution is -2.33. The summed E-state index contributed by atoms with van der Waals surface area (Å²) in [7, 11) is 0. The lowest BCUT2D eigenvalue weighted by molar-refractivity contribution is 0.201. The molecule has 2 N–H and O–H groups in total. The SMILES string of the molecule is Cc1[nH]nc(CN2CCC(c3[nH]ncc3Cc3ccccc3)CC2)c1Cl. The molecule has 1 aromatic carbocycles. The van der Waals surface area contributed by atoms with E-state index in [1.165, 1.54) is 16.8 Å². The van der Waals surface area contributed by atoms with E-state index in [1.54, 1.807) is 0 Å². The van der Waals surface area contributed by atoms with Crippen LogP contribution in [-0.2, 0) is 13.0 Å². The molecule has 0 unspecified atom stereocenters. The first-order valence-corrected chi connectivity index (χ1v) is 9.56. The number of hydrogen-bond donors (Lipinski definition) is 2. The van der Waals surface area contributed by atoms with Crippen LogP contribution in [0.15, 0.2) is 36.5 Å². The van der Waals surface area contributed by atoms with Crippen molar-refractivity contribution in [3.05, 3.63) is 69.8 Å². The van der Waals surface area contributed by atoms with Crippen molar-refractivity contribution in [2.24, 2.45) is 0 Å². The Morgan fingerprint density at radius 1 is 1.15 bits per heavy atom. The lowest BCUT2D eigenvalue weighted by atomic mass is 9.89. The normalized spacial score (nSPS) is 16.2. The highest BCUT2D eigenvalue weighted by Crippen LogP contribution is 2.31. The van der Waals surface area contributed by atoms with Crippen LogP contribution in [0.25, 0.3) is 0 Å². The maximum absolute atomic E-state index is 6.30. The fourth-order valence-corrected chi connectivity index (χ4v) is 3.94. The number of piperidine rings is 1. The monoisotopic (exact) mass is 369 g/mol. The second-order valence-corrected chi connectivity index (χ2v) is 7.51. The van der Waals surface area contributed by atoms with Crippen molar-refractivity contribution in [2.75, 3.05) is 13.1 Å². The third kappa shape index (κ3) is 3.69. The summed E-state index contributed by atoms with van der Waals surface area (Å²) in [5, 5.41) is 15.7. The largest absolute Gasteiger partial charge is 0.297 e. The van der Waals surface area contributed by atoms with Crippen LogP contribution in [0.1, 0.15) is 47.0 Å². The van der Waals surface area contributed by atoms with Crippen LogP contribution in [0.2, 0.25) is 5.02 Å². The van der Waals surface area contributed by atoms with E-state index in [1.807, 2.05) is 13.1 Å². The lowest BCUT2D eigenvalue weighted by Gasteiger charge is -2.31. The number of H-pyrrole nitrogens is 2. The Bertz CT molecular complexity index is 846. The van der Waals surface area contributed by atoms with Crippen LogP contribution < -0.4 is 0 Å². The second kappa shape index (κ2) is 7.64. The Morgan fingerprint density at radius 2 is 1.92 bits per heavy atom. The number of aromatic amines is 2. The minimum absolute atomic E-state index is 0.545. The molecule has 26 heavy (non-hydrogen) atoms. The zero-order valence-corrected chi connectivity index (χ0v) is 15.8. The van der Waals surface area contributed by atoms with Gasteiger partial charge in [-0.15, -0.1) is 0 Å². The zero-order chi connectivity index (χ0) is 17.9. The van der Waals surface area contributed by atoms with Crippen molar-refractivity contribution in [1.29, 1.82) is 0 Å². The van der Waals surface area contributed by atoms with Crippen LogP contribution in [0.4, 0.5) is 0 Å². The van der Waals surface area contributed by atoms with Gasteiger partial charge in [-0.05, 0) is 44.0 Å². The Balaban J connectivity index is 1.38. The first kappa shape index (κ1) is 17.3. The predicted octanol–water partition coefficient (Wildman–Crippen LogP) is 4.07. The maximum atomic E-state index is 6.30. The molecule has 3 aromatic rings. The van der Waals surface area contributed by atoms with E-state index in [4.69, 9.17) is 11.6 Å². The summed E-state index contributed by atoms with van der Waals surface area (Å²) in [6.07, 6.45) is 5.19. The van der Waals surface area contributed by atoms with E-state index in [0.717, 1.165) is 55.3 Å². The van der Waals surface area contributed by atoms with Gasteiger partial charge in [0.1, 0.15) is 0 Å². The number of nitrogens with one attached hydrogen (secondary N) is 2. The van der Waals surface area contributed by atoms with E-state index >= 15 is 0 Å². The molecule has 0 bridgehead atoms. The van der Waals surface area contributed by atoms with Crippen LogP contribution in [0.3, 0.4) is 0 Å². The number of benzene rings is 1. The molecular formula is C20H24ClN5. The summed E-state index contributed by atoms with van der Waals surface area (Å²) >= 11 is 6.30. The maximum Gasteiger partial charge on any atom is 0.0951 e. The van der Waals surface area contributed by atoms with Gasteiger partial charge in [-0.25, -0.2) is 0 Å². The number of halogens is 1. The summed E-state index contributed by atoms with van der Waals surface area (Å²) in [6.45, 7) is 4.88.